The third-order valence-corrected chi connectivity index (χ3v) is 2.07. The van der Waals surface area contributed by atoms with Crippen molar-refractivity contribution >= 4 is 49.6 Å². The van der Waals surface area contributed by atoms with Crippen molar-refractivity contribution < 1.29 is 10.2 Å². The Morgan fingerprint density at radius 2 is 0.700 bits per heavy atom. The second kappa shape index (κ2) is 14.6. The molecule has 2 rings (SSSR count). The van der Waals surface area contributed by atoms with Crippen molar-refractivity contribution in [1.82, 2.24) is 0 Å². The second-order valence-electron chi connectivity index (χ2n) is 3.67. The first-order valence-electron chi connectivity index (χ1n) is 5.09. The zero-order valence-corrected chi connectivity index (χ0v) is 14.4. The van der Waals surface area contributed by atoms with Crippen LogP contribution in [0.5, 0.6) is 11.5 Å². The highest BCUT2D eigenvalue weighted by Gasteiger charge is 1.82. The van der Waals surface area contributed by atoms with E-state index in [0.29, 0.717) is 11.5 Å². The van der Waals surface area contributed by atoms with E-state index in [4.69, 9.17) is 10.2 Å². The third kappa shape index (κ3) is 12.2. The molecule has 0 atom stereocenters. The summed E-state index contributed by atoms with van der Waals surface area (Å²) in [4.78, 5) is 0. The van der Waals surface area contributed by atoms with Crippen molar-refractivity contribution in [2.75, 3.05) is 0 Å². The Morgan fingerprint density at radius 1 is 0.500 bits per heavy atom. The lowest BCUT2D eigenvalue weighted by atomic mass is 10.2. The predicted molar refractivity (Wildman–Crippen MR) is 94.7 cm³/mol. The van der Waals surface area contributed by atoms with Crippen molar-refractivity contribution in [3.05, 3.63) is 59.7 Å². The summed E-state index contributed by atoms with van der Waals surface area (Å²) in [5.41, 5.74) is 2.34. The van der Waals surface area contributed by atoms with E-state index < -0.39 is 0 Å². The number of rotatable bonds is 0. The van der Waals surface area contributed by atoms with Crippen LogP contribution in [0.3, 0.4) is 0 Å². The van der Waals surface area contributed by atoms with Gasteiger partial charge in [0.25, 0.3) is 0 Å². The molecule has 0 radical (unpaired) electrons. The Labute approximate surface area is 144 Å². The molecule has 0 aromatic heterocycles. The van der Waals surface area contributed by atoms with Crippen molar-refractivity contribution in [3.8, 4) is 11.5 Å². The molecule has 6 heteroatoms. The van der Waals surface area contributed by atoms with Gasteiger partial charge in [0.1, 0.15) is 11.5 Å². The van der Waals surface area contributed by atoms with Gasteiger partial charge < -0.3 is 10.2 Å². The Morgan fingerprint density at radius 3 is 0.850 bits per heavy atom. The molecule has 0 heterocycles. The first kappa shape index (κ1) is 27.5. The molecule has 0 spiro atoms. The Bertz CT molecular complexity index is 344. The Kier molecular flexibility index (Phi) is 20.1. The highest BCUT2D eigenvalue weighted by Crippen LogP contribution is 2.08. The molecular weight excluding hydrogens is 342 g/mol. The number of benzene rings is 2. The first-order chi connectivity index (χ1) is 7.58. The monoisotopic (exact) mass is 360 g/mol. The lowest BCUT2D eigenvalue weighted by molar-refractivity contribution is 0.474. The molecule has 116 valence electrons. The molecule has 20 heavy (non-hydrogen) atoms. The highest BCUT2D eigenvalue weighted by molar-refractivity contribution is 5.86. The average Bonchev–Trinajstić information content (AvgIpc) is 2.28. The second-order valence-corrected chi connectivity index (χ2v) is 3.67. The van der Waals surface area contributed by atoms with E-state index in [9.17, 15) is 0 Å². The van der Waals surface area contributed by atoms with E-state index in [0.717, 1.165) is 0 Å². The number of aryl methyl sites for hydroxylation is 2. The van der Waals surface area contributed by atoms with Crippen LogP contribution < -0.4 is 0 Å². The van der Waals surface area contributed by atoms with Crippen LogP contribution in [0.2, 0.25) is 0 Å². The quantitative estimate of drug-likeness (QED) is 0.686. The largest absolute Gasteiger partial charge is 0.508 e. The minimum atomic E-state index is 0. The molecule has 0 aliphatic carbocycles. The molecule has 2 nitrogen and oxygen atoms in total. The van der Waals surface area contributed by atoms with Gasteiger partial charge in [-0.05, 0) is 38.1 Å². The normalized spacial score (nSPS) is 7.30. The molecule has 2 aromatic carbocycles. The number of phenolic OH excluding ortho intramolecular Hbond substituents is 2. The number of aromatic hydroxyl groups is 2. The zero-order valence-electron chi connectivity index (χ0n) is 11.1. The molecule has 0 aliphatic rings. The van der Waals surface area contributed by atoms with Gasteiger partial charge >= 0.3 is 0 Å². The molecule has 0 amide bonds. The number of hydrogen-bond acceptors (Lipinski definition) is 2. The third-order valence-electron chi connectivity index (χ3n) is 2.07. The molecule has 0 saturated heterocycles. The topological polar surface area (TPSA) is 40.5 Å². The van der Waals surface area contributed by atoms with Gasteiger partial charge in [-0.1, -0.05) is 35.4 Å². The summed E-state index contributed by atoms with van der Waals surface area (Å²) in [6.45, 7) is 3.97. The predicted octanol–water partition coefficient (Wildman–Crippen LogP) is 5.09. The lowest BCUT2D eigenvalue weighted by Gasteiger charge is -1.89. The molecule has 0 aliphatic heterocycles. The van der Waals surface area contributed by atoms with Crippen LogP contribution >= 0.6 is 49.6 Å². The van der Waals surface area contributed by atoms with Gasteiger partial charge in [-0.15, -0.1) is 49.6 Å². The SMILES string of the molecule is Cc1ccc(O)cc1.Cc1ccc(O)cc1.Cl.Cl.Cl.Cl. The fraction of sp³-hybridized carbons (Fsp3) is 0.143. The van der Waals surface area contributed by atoms with Gasteiger partial charge in [0.2, 0.25) is 0 Å². The van der Waals surface area contributed by atoms with Crippen LogP contribution in [-0.2, 0) is 0 Å². The van der Waals surface area contributed by atoms with E-state index in [2.05, 4.69) is 0 Å². The molecule has 0 fully saturated rings. The molecule has 2 N–H and O–H groups in total. The van der Waals surface area contributed by atoms with Gasteiger partial charge in [0.05, 0.1) is 0 Å². The standard InChI is InChI=1S/2C7H8O.4ClH/c2*1-6-2-4-7(8)5-3-6;;;;/h2*2-5,8H,1H3;4*1H. The number of hydrogen-bond donors (Lipinski definition) is 2. The van der Waals surface area contributed by atoms with Crippen molar-refractivity contribution in [2.24, 2.45) is 0 Å². The van der Waals surface area contributed by atoms with E-state index >= 15 is 0 Å². The van der Waals surface area contributed by atoms with Gasteiger partial charge in [0, 0.05) is 0 Å². The maximum absolute atomic E-state index is 8.76. The zero-order chi connectivity index (χ0) is 12.0. The summed E-state index contributed by atoms with van der Waals surface area (Å²) in [6, 6.07) is 14.2. The van der Waals surface area contributed by atoms with E-state index in [1.54, 1.807) is 24.3 Å². The summed E-state index contributed by atoms with van der Waals surface area (Å²) in [6.07, 6.45) is 0. The van der Waals surface area contributed by atoms with E-state index in [-0.39, 0.29) is 49.6 Å². The van der Waals surface area contributed by atoms with E-state index in [1.165, 1.54) is 11.1 Å². The molecule has 0 unspecified atom stereocenters. The number of halogens is 4. The van der Waals surface area contributed by atoms with Gasteiger partial charge in [0.15, 0.2) is 0 Å². The fourth-order valence-corrected chi connectivity index (χ4v) is 1.09. The summed E-state index contributed by atoms with van der Waals surface area (Å²) in [5.74, 6) is 0.659. The summed E-state index contributed by atoms with van der Waals surface area (Å²) in [7, 11) is 0. The van der Waals surface area contributed by atoms with Crippen LogP contribution in [0.1, 0.15) is 11.1 Å². The Balaban J connectivity index is -0.000000107. The first-order valence-corrected chi connectivity index (χ1v) is 5.09. The van der Waals surface area contributed by atoms with E-state index in [1.807, 2.05) is 38.1 Å². The van der Waals surface area contributed by atoms with Crippen LogP contribution in [0.4, 0.5) is 0 Å². The summed E-state index contributed by atoms with van der Waals surface area (Å²) < 4.78 is 0. The average molecular weight is 362 g/mol. The summed E-state index contributed by atoms with van der Waals surface area (Å²) >= 11 is 0. The maximum Gasteiger partial charge on any atom is 0.115 e. The minimum absolute atomic E-state index is 0. The van der Waals surface area contributed by atoms with Crippen molar-refractivity contribution in [3.63, 3.8) is 0 Å². The highest BCUT2D eigenvalue weighted by atomic mass is 35.5. The summed E-state index contributed by atoms with van der Waals surface area (Å²) in [5, 5.41) is 17.5. The van der Waals surface area contributed by atoms with Crippen LogP contribution in [-0.4, -0.2) is 10.2 Å². The van der Waals surface area contributed by atoms with Gasteiger partial charge in [-0.25, -0.2) is 0 Å². The molecule has 0 bridgehead atoms. The van der Waals surface area contributed by atoms with Crippen molar-refractivity contribution in [2.45, 2.75) is 13.8 Å². The molecule has 2 aromatic rings. The lowest BCUT2D eigenvalue weighted by Crippen LogP contribution is -1.66. The minimum Gasteiger partial charge on any atom is -0.508 e. The van der Waals surface area contributed by atoms with Gasteiger partial charge in [-0.2, -0.15) is 0 Å². The van der Waals surface area contributed by atoms with Gasteiger partial charge in [-0.3, -0.25) is 0 Å². The fourth-order valence-electron chi connectivity index (χ4n) is 1.09. The van der Waals surface area contributed by atoms with Crippen LogP contribution in [0.25, 0.3) is 0 Å². The van der Waals surface area contributed by atoms with Crippen LogP contribution in [0, 0.1) is 13.8 Å². The van der Waals surface area contributed by atoms with Crippen molar-refractivity contribution in [1.29, 1.82) is 0 Å². The molecule has 0 saturated carbocycles. The molecular formula is C14H20Cl4O2. The smallest absolute Gasteiger partial charge is 0.115 e. The number of phenols is 2. The maximum atomic E-state index is 8.76. The van der Waals surface area contributed by atoms with Crippen LogP contribution in [0.15, 0.2) is 48.5 Å². The Hall–Kier alpha value is -0.800.